The lowest BCUT2D eigenvalue weighted by atomic mass is 9.88. The zero-order chi connectivity index (χ0) is 16.7. The van der Waals surface area contributed by atoms with E-state index in [4.69, 9.17) is 4.42 Å². The van der Waals surface area contributed by atoms with Gasteiger partial charge >= 0.3 is 0 Å². The smallest absolute Gasteiger partial charge is 0.226 e. The Morgan fingerprint density at radius 1 is 1.42 bits per heavy atom. The first-order chi connectivity index (χ1) is 11.7. The van der Waals surface area contributed by atoms with Crippen LogP contribution in [-0.2, 0) is 17.9 Å². The largest absolute Gasteiger partial charge is 0.467 e. The number of nitrogens with zero attached hydrogens (tertiary/aromatic N) is 4. The van der Waals surface area contributed by atoms with Crippen LogP contribution in [0.1, 0.15) is 41.8 Å². The summed E-state index contributed by atoms with van der Waals surface area (Å²) in [5.41, 5.74) is 3.08. The minimum atomic E-state index is -0.0144. The number of anilines is 1. The van der Waals surface area contributed by atoms with Crippen LogP contribution in [0, 0.1) is 6.92 Å². The molecule has 0 fully saturated rings. The van der Waals surface area contributed by atoms with Crippen LogP contribution in [0.2, 0.25) is 0 Å². The van der Waals surface area contributed by atoms with E-state index in [9.17, 15) is 4.79 Å². The highest BCUT2D eigenvalue weighted by Crippen LogP contribution is 2.38. The molecule has 124 valence electrons. The lowest BCUT2D eigenvalue weighted by Crippen LogP contribution is -2.25. The van der Waals surface area contributed by atoms with Crippen LogP contribution in [0.4, 0.5) is 5.82 Å². The van der Waals surface area contributed by atoms with Crippen LogP contribution >= 0.6 is 0 Å². The van der Waals surface area contributed by atoms with Crippen molar-refractivity contribution in [2.75, 3.05) is 5.32 Å². The van der Waals surface area contributed by atoms with Crippen molar-refractivity contribution in [2.45, 2.75) is 39.3 Å². The molecule has 0 radical (unpaired) electrons. The van der Waals surface area contributed by atoms with Gasteiger partial charge in [-0.15, -0.1) is 0 Å². The Morgan fingerprint density at radius 2 is 2.29 bits per heavy atom. The van der Waals surface area contributed by atoms with Crippen molar-refractivity contribution in [3.8, 4) is 0 Å². The Kier molecular flexibility index (Phi) is 3.48. The molecule has 24 heavy (non-hydrogen) atoms. The maximum Gasteiger partial charge on any atom is 0.226 e. The molecule has 7 nitrogen and oxygen atoms in total. The van der Waals surface area contributed by atoms with E-state index in [0.29, 0.717) is 13.0 Å². The molecule has 1 atom stereocenters. The SMILES string of the molecule is CCn1cc(C2CC(=O)Nc3c2cnn3Cc2ccco2)c(C)n1. The molecule has 0 saturated heterocycles. The second-order valence-electron chi connectivity index (χ2n) is 6.02. The number of nitrogens with one attached hydrogen (secondary N) is 1. The third kappa shape index (κ3) is 2.42. The number of aromatic nitrogens is 4. The highest BCUT2D eigenvalue weighted by molar-refractivity contribution is 5.94. The minimum Gasteiger partial charge on any atom is -0.467 e. The summed E-state index contributed by atoms with van der Waals surface area (Å²) in [5, 5.41) is 11.9. The van der Waals surface area contributed by atoms with E-state index in [1.54, 1.807) is 10.9 Å². The van der Waals surface area contributed by atoms with Crippen LogP contribution < -0.4 is 5.32 Å². The van der Waals surface area contributed by atoms with Crippen molar-refractivity contribution < 1.29 is 9.21 Å². The van der Waals surface area contributed by atoms with E-state index in [-0.39, 0.29) is 11.8 Å². The molecule has 0 spiro atoms. The van der Waals surface area contributed by atoms with Crippen molar-refractivity contribution in [1.29, 1.82) is 0 Å². The number of hydrogen-bond donors (Lipinski definition) is 1. The minimum absolute atomic E-state index is 0.00246. The highest BCUT2D eigenvalue weighted by Gasteiger charge is 2.32. The van der Waals surface area contributed by atoms with Crippen molar-refractivity contribution in [3.63, 3.8) is 0 Å². The number of fused-ring (bicyclic) bond motifs is 1. The molecular formula is C17H19N5O2. The van der Waals surface area contributed by atoms with Gasteiger partial charge in [-0.3, -0.25) is 9.48 Å². The van der Waals surface area contributed by atoms with Gasteiger partial charge in [0.05, 0.1) is 18.2 Å². The van der Waals surface area contributed by atoms with Crippen molar-refractivity contribution in [2.24, 2.45) is 0 Å². The number of carbonyl (C=O) groups excluding carboxylic acids is 1. The highest BCUT2D eigenvalue weighted by atomic mass is 16.3. The van der Waals surface area contributed by atoms with Gasteiger partial charge in [0.25, 0.3) is 0 Å². The van der Waals surface area contributed by atoms with Gasteiger partial charge in [-0.1, -0.05) is 0 Å². The first-order valence-corrected chi connectivity index (χ1v) is 8.07. The van der Waals surface area contributed by atoms with E-state index >= 15 is 0 Å². The average molecular weight is 325 g/mol. The topological polar surface area (TPSA) is 77.9 Å². The summed E-state index contributed by atoms with van der Waals surface area (Å²) in [4.78, 5) is 12.2. The number of aryl methyl sites for hydroxylation is 2. The molecule has 1 aliphatic heterocycles. The molecule has 1 amide bonds. The molecule has 7 heteroatoms. The Hall–Kier alpha value is -2.83. The monoisotopic (exact) mass is 325 g/mol. The summed E-state index contributed by atoms with van der Waals surface area (Å²) in [6, 6.07) is 3.74. The molecule has 3 aromatic heterocycles. The summed E-state index contributed by atoms with van der Waals surface area (Å²) in [7, 11) is 0. The molecule has 4 rings (SSSR count). The lowest BCUT2D eigenvalue weighted by molar-refractivity contribution is -0.116. The Labute approximate surface area is 139 Å². The fourth-order valence-corrected chi connectivity index (χ4v) is 3.25. The summed E-state index contributed by atoms with van der Waals surface area (Å²) in [6.45, 7) is 5.34. The summed E-state index contributed by atoms with van der Waals surface area (Å²) in [6.07, 6.45) is 5.92. The molecule has 0 saturated carbocycles. The molecule has 1 unspecified atom stereocenters. The maximum absolute atomic E-state index is 12.2. The zero-order valence-corrected chi connectivity index (χ0v) is 13.7. The van der Waals surface area contributed by atoms with Gasteiger partial charge in [-0.05, 0) is 26.0 Å². The molecule has 0 aliphatic carbocycles. The lowest BCUT2D eigenvalue weighted by Gasteiger charge is -2.23. The van der Waals surface area contributed by atoms with Crippen molar-refractivity contribution >= 4 is 11.7 Å². The van der Waals surface area contributed by atoms with E-state index in [1.807, 2.05) is 36.1 Å². The quantitative estimate of drug-likeness (QED) is 0.799. The third-order valence-corrected chi connectivity index (χ3v) is 4.46. The third-order valence-electron chi connectivity index (χ3n) is 4.46. The number of rotatable bonds is 4. The van der Waals surface area contributed by atoms with Crippen LogP contribution in [0.3, 0.4) is 0 Å². The number of hydrogen-bond acceptors (Lipinski definition) is 4. The van der Waals surface area contributed by atoms with E-state index < -0.39 is 0 Å². The molecular weight excluding hydrogens is 306 g/mol. The average Bonchev–Trinajstić information content (AvgIpc) is 3.28. The molecule has 1 N–H and O–H groups in total. The van der Waals surface area contributed by atoms with E-state index in [0.717, 1.165) is 34.9 Å². The number of carbonyl (C=O) groups is 1. The van der Waals surface area contributed by atoms with Gasteiger partial charge in [-0.25, -0.2) is 4.68 Å². The Morgan fingerprint density at radius 3 is 3.00 bits per heavy atom. The zero-order valence-electron chi connectivity index (χ0n) is 13.7. The van der Waals surface area contributed by atoms with Gasteiger partial charge in [0.15, 0.2) is 0 Å². The predicted octanol–water partition coefficient (Wildman–Crippen LogP) is 2.52. The standard InChI is InChI=1S/C17H19N5O2/c1-3-21-10-15(11(2)20-21)13-7-16(23)19-17-14(13)8-18-22(17)9-12-5-4-6-24-12/h4-6,8,10,13H,3,7,9H2,1-2H3,(H,19,23). The molecule has 4 heterocycles. The summed E-state index contributed by atoms with van der Waals surface area (Å²) in [5.74, 6) is 1.53. The molecule has 0 bridgehead atoms. The van der Waals surface area contributed by atoms with Crippen LogP contribution in [0.15, 0.2) is 35.2 Å². The Bertz CT molecular complexity index is 875. The fourth-order valence-electron chi connectivity index (χ4n) is 3.25. The van der Waals surface area contributed by atoms with E-state index in [2.05, 4.69) is 22.4 Å². The summed E-state index contributed by atoms with van der Waals surface area (Å²) >= 11 is 0. The second kappa shape index (κ2) is 5.67. The van der Waals surface area contributed by atoms with Gasteiger partial charge in [0.2, 0.25) is 5.91 Å². The van der Waals surface area contributed by atoms with Crippen molar-refractivity contribution in [3.05, 3.63) is 53.4 Å². The van der Waals surface area contributed by atoms with Gasteiger partial charge in [-0.2, -0.15) is 10.2 Å². The predicted molar refractivity (Wildman–Crippen MR) is 87.8 cm³/mol. The molecule has 3 aromatic rings. The first-order valence-electron chi connectivity index (χ1n) is 8.07. The fraction of sp³-hybridized carbons (Fsp3) is 0.353. The van der Waals surface area contributed by atoms with Crippen LogP contribution in [-0.4, -0.2) is 25.5 Å². The molecule has 0 aromatic carbocycles. The van der Waals surface area contributed by atoms with Crippen molar-refractivity contribution in [1.82, 2.24) is 19.6 Å². The van der Waals surface area contributed by atoms with E-state index in [1.165, 1.54) is 0 Å². The normalized spacial score (nSPS) is 16.9. The number of amides is 1. The van der Waals surface area contributed by atoms with Crippen LogP contribution in [0.5, 0.6) is 0 Å². The van der Waals surface area contributed by atoms with Crippen LogP contribution in [0.25, 0.3) is 0 Å². The van der Waals surface area contributed by atoms with Gasteiger partial charge in [0.1, 0.15) is 18.1 Å². The maximum atomic E-state index is 12.2. The van der Waals surface area contributed by atoms with Gasteiger partial charge in [0, 0.05) is 36.2 Å². The first kappa shape index (κ1) is 14.7. The second-order valence-corrected chi connectivity index (χ2v) is 6.02. The van der Waals surface area contributed by atoms with Gasteiger partial charge < -0.3 is 9.73 Å². The Balaban J connectivity index is 1.73. The summed E-state index contributed by atoms with van der Waals surface area (Å²) < 4.78 is 9.07. The number of furan rings is 1. The molecule has 1 aliphatic rings.